The summed E-state index contributed by atoms with van der Waals surface area (Å²) in [5, 5.41) is 3.37. The number of nitrogens with one attached hydrogen (secondary N) is 2. The van der Waals surface area contributed by atoms with Crippen LogP contribution in [0.4, 0.5) is 0 Å². The number of hydrogen-bond acceptors (Lipinski definition) is 4. The van der Waals surface area contributed by atoms with Gasteiger partial charge in [-0.2, -0.15) is 0 Å². The van der Waals surface area contributed by atoms with Gasteiger partial charge in [0.1, 0.15) is 0 Å². The molecule has 3 rings (SSSR count). The Morgan fingerprint density at radius 2 is 1.87 bits per heavy atom. The Bertz CT molecular complexity index is 1130. The van der Waals surface area contributed by atoms with Crippen molar-refractivity contribution in [2.75, 3.05) is 6.54 Å². The minimum atomic E-state index is -3.72. The number of rotatable bonds is 9. The number of hydrogen-bond donors (Lipinski definition) is 2. The zero-order valence-corrected chi connectivity index (χ0v) is 19.1. The summed E-state index contributed by atoms with van der Waals surface area (Å²) in [6.45, 7) is 2.03. The smallest absolute Gasteiger partial charge is 0.240 e. The first-order valence-corrected chi connectivity index (χ1v) is 11.8. The molecule has 1 atom stereocenters. The van der Waals surface area contributed by atoms with Crippen molar-refractivity contribution in [2.24, 2.45) is 0 Å². The van der Waals surface area contributed by atoms with E-state index in [4.69, 9.17) is 23.2 Å². The van der Waals surface area contributed by atoms with Crippen molar-refractivity contribution in [3.05, 3.63) is 76.8 Å². The molecule has 1 aromatic heterocycles. The minimum Gasteiger partial charge on any atom is -0.350 e. The maximum absolute atomic E-state index is 12.3. The predicted octanol–water partition coefficient (Wildman–Crippen LogP) is 4.12. The number of nitrogens with zero attached hydrogens (tertiary/aromatic N) is 2. The van der Waals surface area contributed by atoms with Crippen LogP contribution in [0.15, 0.2) is 66.1 Å². The molecular weight excluding hydrogens is 459 g/mol. The Kier molecular flexibility index (Phi) is 7.72. The first kappa shape index (κ1) is 23.3. The van der Waals surface area contributed by atoms with Gasteiger partial charge in [0.05, 0.1) is 27.3 Å². The molecule has 0 fully saturated rings. The standard InChI is InChI=1S/C21H22Cl2N4O3S/c1-15(16-4-6-17(7-5-16)27-12-11-24-14-27)26-21(28)3-2-10-25-31(29,30)18-8-9-19(22)20(23)13-18/h4-9,11-15,25H,2-3,10H2,1H3,(H,26,28). The van der Waals surface area contributed by atoms with Crippen LogP contribution in [0.5, 0.6) is 0 Å². The van der Waals surface area contributed by atoms with E-state index < -0.39 is 10.0 Å². The van der Waals surface area contributed by atoms with Crippen molar-refractivity contribution in [2.45, 2.75) is 30.7 Å². The lowest BCUT2D eigenvalue weighted by molar-refractivity contribution is -0.121. The Morgan fingerprint density at radius 3 is 2.52 bits per heavy atom. The van der Waals surface area contributed by atoms with Gasteiger partial charge in [-0.3, -0.25) is 4.79 Å². The van der Waals surface area contributed by atoms with Gasteiger partial charge in [0.2, 0.25) is 15.9 Å². The molecule has 1 unspecified atom stereocenters. The third-order valence-corrected chi connectivity index (χ3v) is 6.84. The predicted molar refractivity (Wildman–Crippen MR) is 121 cm³/mol. The molecule has 3 aromatic rings. The molecule has 0 spiro atoms. The maximum atomic E-state index is 12.3. The molecule has 0 aliphatic rings. The van der Waals surface area contributed by atoms with Gasteiger partial charge < -0.3 is 9.88 Å². The topological polar surface area (TPSA) is 93.1 Å². The van der Waals surface area contributed by atoms with Crippen molar-refractivity contribution >= 4 is 39.1 Å². The number of amides is 1. The number of imidazole rings is 1. The molecule has 0 bridgehead atoms. The fraction of sp³-hybridized carbons (Fsp3) is 0.238. The monoisotopic (exact) mass is 480 g/mol. The molecular formula is C21H22Cl2N4O3S. The van der Waals surface area contributed by atoms with E-state index >= 15 is 0 Å². The molecule has 1 amide bonds. The first-order valence-electron chi connectivity index (χ1n) is 9.58. The molecule has 0 radical (unpaired) electrons. The minimum absolute atomic E-state index is 0.0270. The van der Waals surface area contributed by atoms with Crippen molar-refractivity contribution in [3.8, 4) is 5.69 Å². The summed E-state index contributed by atoms with van der Waals surface area (Å²) < 4.78 is 29.0. The summed E-state index contributed by atoms with van der Waals surface area (Å²) in [6.07, 6.45) is 5.84. The summed E-state index contributed by atoms with van der Waals surface area (Å²) in [6, 6.07) is 11.7. The van der Waals surface area contributed by atoms with Crippen LogP contribution in [0.25, 0.3) is 5.69 Å². The number of carbonyl (C=O) groups excluding carboxylic acids is 1. The van der Waals surface area contributed by atoms with E-state index in [1.165, 1.54) is 18.2 Å². The van der Waals surface area contributed by atoms with Crippen LogP contribution in [0.1, 0.15) is 31.4 Å². The van der Waals surface area contributed by atoms with Gasteiger partial charge in [0.15, 0.2) is 0 Å². The van der Waals surface area contributed by atoms with Gasteiger partial charge in [0.25, 0.3) is 0 Å². The summed E-state index contributed by atoms with van der Waals surface area (Å²) >= 11 is 11.7. The average molecular weight is 481 g/mol. The highest BCUT2D eigenvalue weighted by atomic mass is 35.5. The van der Waals surface area contributed by atoms with Crippen LogP contribution in [-0.4, -0.2) is 30.4 Å². The molecule has 0 aliphatic carbocycles. The number of sulfonamides is 1. The Morgan fingerprint density at radius 1 is 1.13 bits per heavy atom. The fourth-order valence-electron chi connectivity index (χ4n) is 2.93. The molecule has 31 heavy (non-hydrogen) atoms. The SMILES string of the molecule is CC(NC(=O)CCCNS(=O)(=O)c1ccc(Cl)c(Cl)c1)c1ccc(-n2ccnc2)cc1. The van der Waals surface area contributed by atoms with Crippen molar-refractivity contribution in [1.82, 2.24) is 19.6 Å². The second-order valence-corrected chi connectivity index (χ2v) is 9.51. The van der Waals surface area contributed by atoms with Gasteiger partial charge in [-0.15, -0.1) is 0 Å². The molecule has 10 heteroatoms. The van der Waals surface area contributed by atoms with Gasteiger partial charge >= 0.3 is 0 Å². The van der Waals surface area contributed by atoms with Crippen molar-refractivity contribution < 1.29 is 13.2 Å². The molecule has 2 aromatic carbocycles. The van der Waals surface area contributed by atoms with Crippen LogP contribution in [0.2, 0.25) is 10.0 Å². The summed E-state index contributed by atoms with van der Waals surface area (Å²) in [5.74, 6) is -0.153. The molecule has 0 aliphatic heterocycles. The van der Waals surface area contributed by atoms with Crippen LogP contribution in [0, 0.1) is 0 Å². The second kappa shape index (κ2) is 10.3. The quantitative estimate of drug-likeness (QED) is 0.450. The van der Waals surface area contributed by atoms with E-state index in [0.717, 1.165) is 11.3 Å². The van der Waals surface area contributed by atoms with Gasteiger partial charge in [-0.25, -0.2) is 18.1 Å². The van der Waals surface area contributed by atoms with E-state index in [1.807, 2.05) is 42.0 Å². The second-order valence-electron chi connectivity index (χ2n) is 6.93. The fourth-order valence-corrected chi connectivity index (χ4v) is 4.39. The zero-order valence-electron chi connectivity index (χ0n) is 16.8. The Hall–Kier alpha value is -2.39. The lowest BCUT2D eigenvalue weighted by atomic mass is 10.1. The first-order chi connectivity index (χ1) is 14.8. The molecule has 0 saturated carbocycles. The van der Waals surface area contributed by atoms with E-state index in [1.54, 1.807) is 12.5 Å². The van der Waals surface area contributed by atoms with Gasteiger partial charge in [0, 0.05) is 31.0 Å². The van der Waals surface area contributed by atoms with E-state index in [9.17, 15) is 13.2 Å². The number of halogens is 2. The molecule has 1 heterocycles. The average Bonchev–Trinajstić information content (AvgIpc) is 3.28. The number of aromatic nitrogens is 2. The largest absolute Gasteiger partial charge is 0.350 e. The Labute approximate surface area is 191 Å². The maximum Gasteiger partial charge on any atom is 0.240 e. The van der Waals surface area contributed by atoms with Crippen LogP contribution in [-0.2, 0) is 14.8 Å². The molecule has 2 N–H and O–H groups in total. The highest BCUT2D eigenvalue weighted by Crippen LogP contribution is 2.24. The lowest BCUT2D eigenvalue weighted by Crippen LogP contribution is -2.29. The third-order valence-electron chi connectivity index (χ3n) is 4.65. The molecule has 7 nitrogen and oxygen atoms in total. The summed E-state index contributed by atoms with van der Waals surface area (Å²) in [5.41, 5.74) is 1.95. The van der Waals surface area contributed by atoms with Crippen LogP contribution >= 0.6 is 23.2 Å². The van der Waals surface area contributed by atoms with Gasteiger partial charge in [-0.05, 0) is 49.2 Å². The van der Waals surface area contributed by atoms with Crippen molar-refractivity contribution in [1.29, 1.82) is 0 Å². The zero-order chi connectivity index (χ0) is 22.4. The molecule has 0 saturated heterocycles. The number of carbonyl (C=O) groups is 1. The van der Waals surface area contributed by atoms with Crippen LogP contribution < -0.4 is 10.0 Å². The van der Waals surface area contributed by atoms with Gasteiger partial charge in [-0.1, -0.05) is 35.3 Å². The molecule has 164 valence electrons. The van der Waals surface area contributed by atoms with E-state index in [2.05, 4.69) is 15.0 Å². The summed E-state index contributed by atoms with van der Waals surface area (Å²) in [4.78, 5) is 16.3. The third kappa shape index (κ3) is 6.30. The normalized spacial score (nSPS) is 12.5. The summed E-state index contributed by atoms with van der Waals surface area (Å²) in [7, 11) is -3.72. The highest BCUT2D eigenvalue weighted by molar-refractivity contribution is 7.89. The highest BCUT2D eigenvalue weighted by Gasteiger charge is 2.15. The van der Waals surface area contributed by atoms with E-state index in [-0.39, 0.29) is 39.9 Å². The van der Waals surface area contributed by atoms with E-state index in [0.29, 0.717) is 6.42 Å². The van der Waals surface area contributed by atoms with Crippen LogP contribution in [0.3, 0.4) is 0 Å². The lowest BCUT2D eigenvalue weighted by Gasteiger charge is -2.15. The van der Waals surface area contributed by atoms with Crippen molar-refractivity contribution in [3.63, 3.8) is 0 Å². The Balaban J connectivity index is 1.45. The number of benzene rings is 2.